The highest BCUT2D eigenvalue weighted by Crippen LogP contribution is 2.28. The van der Waals surface area contributed by atoms with Gasteiger partial charge in [0.25, 0.3) is 11.8 Å². The SMILES string of the molecule is O=C(NCCNC(=O)c1ccc(F)c(Cl)c1)c1ccc(O[C@H]2CC[C@@H](C(=O)O)CC2)cc1. The maximum Gasteiger partial charge on any atom is 0.306 e. The Hall–Kier alpha value is -3.13. The van der Waals surface area contributed by atoms with Gasteiger partial charge < -0.3 is 20.5 Å². The highest BCUT2D eigenvalue weighted by Gasteiger charge is 2.26. The lowest BCUT2D eigenvalue weighted by atomic mass is 9.87. The number of amides is 2. The largest absolute Gasteiger partial charge is 0.490 e. The third-order valence-corrected chi connectivity index (χ3v) is 5.61. The van der Waals surface area contributed by atoms with Gasteiger partial charge in [-0.3, -0.25) is 14.4 Å². The fraction of sp³-hybridized carbons (Fsp3) is 0.348. The van der Waals surface area contributed by atoms with E-state index in [1.807, 2.05) is 0 Å². The molecule has 0 spiro atoms. The van der Waals surface area contributed by atoms with Crippen LogP contribution in [0.1, 0.15) is 46.4 Å². The molecule has 0 saturated heterocycles. The van der Waals surface area contributed by atoms with Crippen LogP contribution in [0.4, 0.5) is 4.39 Å². The fourth-order valence-electron chi connectivity index (χ4n) is 3.50. The first-order chi connectivity index (χ1) is 15.3. The average Bonchev–Trinajstić information content (AvgIpc) is 2.79. The molecule has 2 amide bonds. The highest BCUT2D eigenvalue weighted by molar-refractivity contribution is 6.31. The molecule has 1 aliphatic carbocycles. The molecule has 0 aliphatic heterocycles. The number of hydrogen-bond donors (Lipinski definition) is 3. The van der Waals surface area contributed by atoms with E-state index in [1.165, 1.54) is 12.1 Å². The van der Waals surface area contributed by atoms with Gasteiger partial charge in [-0.2, -0.15) is 0 Å². The molecule has 3 N–H and O–H groups in total. The standard InChI is InChI=1S/C23H24ClFN2O5/c24-19-13-16(5-10-20(19)25)22(29)27-12-11-26-21(28)14-1-6-17(7-2-14)32-18-8-3-15(4-9-18)23(30)31/h1-2,5-7,10,13,15,18H,3-4,8-9,11-12H2,(H,26,28)(H,27,29)(H,30,31)/t15-,18+. The summed E-state index contributed by atoms with van der Waals surface area (Å²) in [5.74, 6) is -1.72. The Balaban J connectivity index is 1.39. The van der Waals surface area contributed by atoms with Crippen molar-refractivity contribution in [2.45, 2.75) is 31.8 Å². The number of nitrogens with one attached hydrogen (secondary N) is 2. The van der Waals surface area contributed by atoms with Crippen LogP contribution < -0.4 is 15.4 Å². The van der Waals surface area contributed by atoms with Gasteiger partial charge in [0.15, 0.2) is 0 Å². The number of halogens is 2. The smallest absolute Gasteiger partial charge is 0.306 e. The molecule has 0 aromatic heterocycles. The second kappa shape index (κ2) is 10.9. The summed E-state index contributed by atoms with van der Waals surface area (Å²) < 4.78 is 19.1. The van der Waals surface area contributed by atoms with Crippen LogP contribution in [-0.2, 0) is 4.79 Å². The minimum absolute atomic E-state index is 0.0233. The van der Waals surface area contributed by atoms with Crippen molar-refractivity contribution in [2.24, 2.45) is 5.92 Å². The van der Waals surface area contributed by atoms with Crippen molar-refractivity contribution in [3.63, 3.8) is 0 Å². The molecule has 3 rings (SSSR count). The summed E-state index contributed by atoms with van der Waals surface area (Å²) in [7, 11) is 0. The lowest BCUT2D eigenvalue weighted by Crippen LogP contribution is -2.34. The molecule has 170 valence electrons. The summed E-state index contributed by atoms with van der Waals surface area (Å²) in [6.45, 7) is 0.407. The van der Waals surface area contributed by atoms with E-state index >= 15 is 0 Å². The van der Waals surface area contributed by atoms with E-state index in [4.69, 9.17) is 21.4 Å². The lowest BCUT2D eigenvalue weighted by Gasteiger charge is -2.26. The molecule has 0 bridgehead atoms. The van der Waals surface area contributed by atoms with Crippen molar-refractivity contribution in [3.8, 4) is 5.75 Å². The molecule has 1 aliphatic rings. The Kier molecular flexibility index (Phi) is 8.05. The Bertz CT molecular complexity index is 975. The van der Waals surface area contributed by atoms with Gasteiger partial charge in [-0.1, -0.05) is 11.6 Å². The van der Waals surface area contributed by atoms with E-state index in [9.17, 15) is 18.8 Å². The topological polar surface area (TPSA) is 105 Å². The zero-order valence-corrected chi connectivity index (χ0v) is 18.0. The zero-order valence-electron chi connectivity index (χ0n) is 17.3. The minimum Gasteiger partial charge on any atom is -0.490 e. The average molecular weight is 463 g/mol. The predicted octanol–water partition coefficient (Wildman–Crippen LogP) is 3.66. The first-order valence-electron chi connectivity index (χ1n) is 10.3. The van der Waals surface area contributed by atoms with Crippen LogP contribution in [0.15, 0.2) is 42.5 Å². The molecule has 1 saturated carbocycles. The Morgan fingerprint density at radius 2 is 1.50 bits per heavy atom. The molecule has 0 unspecified atom stereocenters. The quantitative estimate of drug-likeness (QED) is 0.519. The van der Waals surface area contributed by atoms with Crippen molar-refractivity contribution in [3.05, 3.63) is 64.4 Å². The molecule has 0 radical (unpaired) electrons. The summed E-state index contributed by atoms with van der Waals surface area (Å²) >= 11 is 5.67. The van der Waals surface area contributed by atoms with E-state index in [-0.39, 0.29) is 41.6 Å². The number of aliphatic carboxylic acids is 1. The zero-order chi connectivity index (χ0) is 23.1. The maximum atomic E-state index is 13.2. The van der Waals surface area contributed by atoms with E-state index < -0.39 is 17.7 Å². The van der Waals surface area contributed by atoms with Crippen LogP contribution in [0, 0.1) is 11.7 Å². The second-order valence-corrected chi connectivity index (χ2v) is 8.00. The molecule has 0 heterocycles. The van der Waals surface area contributed by atoms with Crippen molar-refractivity contribution in [1.29, 1.82) is 0 Å². The van der Waals surface area contributed by atoms with E-state index in [0.717, 1.165) is 6.07 Å². The molecule has 32 heavy (non-hydrogen) atoms. The number of ether oxygens (including phenoxy) is 1. The minimum atomic E-state index is -0.752. The molecule has 0 atom stereocenters. The first kappa shape index (κ1) is 23.5. The molecule has 7 nitrogen and oxygen atoms in total. The number of carboxylic acid groups (broad SMARTS) is 1. The monoisotopic (exact) mass is 462 g/mol. The Labute approximate surface area is 189 Å². The molecule has 2 aromatic carbocycles. The molecule has 1 fully saturated rings. The van der Waals surface area contributed by atoms with Gasteiger partial charge in [0, 0.05) is 24.2 Å². The van der Waals surface area contributed by atoms with Crippen LogP contribution in [0.25, 0.3) is 0 Å². The molecular formula is C23H24ClFN2O5. The van der Waals surface area contributed by atoms with Gasteiger partial charge in [-0.25, -0.2) is 4.39 Å². The Morgan fingerprint density at radius 1 is 0.938 bits per heavy atom. The van der Waals surface area contributed by atoms with Gasteiger partial charge >= 0.3 is 5.97 Å². The van der Waals surface area contributed by atoms with Gasteiger partial charge in [0.05, 0.1) is 17.0 Å². The van der Waals surface area contributed by atoms with E-state index in [2.05, 4.69) is 10.6 Å². The van der Waals surface area contributed by atoms with Crippen LogP contribution >= 0.6 is 11.6 Å². The maximum absolute atomic E-state index is 13.2. The number of carbonyl (C=O) groups is 3. The van der Waals surface area contributed by atoms with Crippen LogP contribution in [0.2, 0.25) is 5.02 Å². The summed E-state index contributed by atoms with van der Waals surface area (Å²) in [6.07, 6.45) is 2.56. The van der Waals surface area contributed by atoms with Crippen LogP contribution in [0.3, 0.4) is 0 Å². The molecule has 9 heteroatoms. The Morgan fingerprint density at radius 3 is 2.06 bits per heavy atom. The predicted molar refractivity (Wildman–Crippen MR) is 117 cm³/mol. The normalized spacial score (nSPS) is 17.9. The number of rotatable bonds is 8. The van der Waals surface area contributed by atoms with E-state index in [1.54, 1.807) is 24.3 Å². The number of carbonyl (C=O) groups excluding carboxylic acids is 2. The highest BCUT2D eigenvalue weighted by atomic mass is 35.5. The van der Waals surface area contributed by atoms with Crippen LogP contribution in [0.5, 0.6) is 5.75 Å². The first-order valence-corrected chi connectivity index (χ1v) is 10.7. The summed E-state index contributed by atoms with van der Waals surface area (Å²) in [5.41, 5.74) is 0.679. The van der Waals surface area contributed by atoms with Gasteiger partial charge in [-0.15, -0.1) is 0 Å². The van der Waals surface area contributed by atoms with E-state index in [0.29, 0.717) is 37.0 Å². The van der Waals surface area contributed by atoms with Crippen molar-refractivity contribution in [1.82, 2.24) is 10.6 Å². The van der Waals surface area contributed by atoms with Crippen molar-refractivity contribution in [2.75, 3.05) is 13.1 Å². The number of hydrogen-bond acceptors (Lipinski definition) is 4. The summed E-state index contributed by atoms with van der Waals surface area (Å²) in [4.78, 5) is 35.3. The van der Waals surface area contributed by atoms with Crippen molar-refractivity contribution < 1.29 is 28.6 Å². The fourth-order valence-corrected chi connectivity index (χ4v) is 3.68. The van der Waals surface area contributed by atoms with Gasteiger partial charge in [0.1, 0.15) is 11.6 Å². The van der Waals surface area contributed by atoms with Crippen molar-refractivity contribution >= 4 is 29.4 Å². The third-order valence-electron chi connectivity index (χ3n) is 5.32. The third kappa shape index (κ3) is 6.43. The molecule has 2 aromatic rings. The summed E-state index contributed by atoms with van der Waals surface area (Å²) in [5, 5.41) is 14.3. The second-order valence-electron chi connectivity index (χ2n) is 7.59. The summed E-state index contributed by atoms with van der Waals surface area (Å²) in [6, 6.07) is 10.4. The van der Waals surface area contributed by atoms with Crippen LogP contribution in [-0.4, -0.2) is 42.1 Å². The van der Waals surface area contributed by atoms with Gasteiger partial charge in [-0.05, 0) is 68.1 Å². The number of benzene rings is 2. The number of carboxylic acids is 1. The van der Waals surface area contributed by atoms with Gasteiger partial charge in [0.2, 0.25) is 0 Å². The molecular weight excluding hydrogens is 439 g/mol. The lowest BCUT2D eigenvalue weighted by molar-refractivity contribution is -0.143.